The van der Waals surface area contributed by atoms with Gasteiger partial charge in [0.05, 0.1) is 22.7 Å². The van der Waals surface area contributed by atoms with E-state index >= 15 is 0 Å². The Hall–Kier alpha value is -2.51. The quantitative estimate of drug-likeness (QED) is 0.437. The summed E-state index contributed by atoms with van der Waals surface area (Å²) >= 11 is 2.39. The molecule has 1 aliphatic rings. The number of aromatic hydroxyl groups is 1. The third-order valence-corrected chi connectivity index (χ3v) is 3.64. The summed E-state index contributed by atoms with van der Waals surface area (Å²) in [6.07, 6.45) is 3.01. The fourth-order valence-electron chi connectivity index (χ4n) is 2.28. The highest BCUT2D eigenvalue weighted by Crippen LogP contribution is 2.36. The van der Waals surface area contributed by atoms with Crippen molar-refractivity contribution in [3.05, 3.63) is 51.3 Å². The summed E-state index contributed by atoms with van der Waals surface area (Å²) in [6, 6.07) is 3.81. The summed E-state index contributed by atoms with van der Waals surface area (Å²) in [5.74, 6) is -0.663. The lowest BCUT2D eigenvalue weighted by atomic mass is 10.1. The molecule has 2 aromatic rings. The molecular formula is C14H11BrClN3O8. The van der Waals surface area contributed by atoms with Gasteiger partial charge in [-0.2, -0.15) is 0 Å². The molecule has 11 nitrogen and oxygen atoms in total. The Morgan fingerprint density at radius 3 is 2.70 bits per heavy atom. The van der Waals surface area contributed by atoms with Crippen LogP contribution < -0.4 is 18.0 Å². The molecule has 0 saturated carbocycles. The first-order valence-electron chi connectivity index (χ1n) is 7.02. The van der Waals surface area contributed by atoms with Crippen molar-refractivity contribution in [3.63, 3.8) is 0 Å². The number of anilines is 1. The number of amides is 1. The summed E-state index contributed by atoms with van der Waals surface area (Å²) in [6.45, 7) is 0.556. The first kappa shape index (κ1) is 20.8. The van der Waals surface area contributed by atoms with Crippen molar-refractivity contribution in [2.24, 2.45) is 0 Å². The van der Waals surface area contributed by atoms with Gasteiger partial charge >= 0.3 is 20.5 Å². The lowest BCUT2D eigenvalue weighted by Gasteiger charge is -2.29. The van der Waals surface area contributed by atoms with E-state index < -0.39 is 37.1 Å². The van der Waals surface area contributed by atoms with Crippen LogP contribution in [0.3, 0.4) is 0 Å². The zero-order valence-electron chi connectivity index (χ0n) is 13.2. The highest BCUT2D eigenvalue weighted by molar-refractivity contribution is 6.33. The van der Waals surface area contributed by atoms with Crippen molar-refractivity contribution in [2.45, 2.75) is 0 Å². The Labute approximate surface area is 162 Å². The second-order valence-corrected chi connectivity index (χ2v) is 6.18. The average molecular weight is 465 g/mol. The topological polar surface area (TPSA) is 172 Å². The number of hydrogen-bond donors (Lipinski definition) is 2. The first-order chi connectivity index (χ1) is 12.7. The molecule has 0 fully saturated rings. The van der Waals surface area contributed by atoms with Crippen molar-refractivity contribution in [1.82, 2.24) is 4.98 Å². The van der Waals surface area contributed by atoms with Crippen LogP contribution in [0.5, 0.6) is 11.5 Å². The molecule has 2 heterocycles. The maximum atomic E-state index is 12.7. The number of nitro groups is 1. The molecule has 2 N–H and O–H groups in total. The second-order valence-electron chi connectivity index (χ2n) is 4.93. The molecule has 1 aromatic carbocycles. The van der Waals surface area contributed by atoms with Gasteiger partial charge in [-0.15, -0.1) is 0 Å². The molecule has 0 radical (unpaired) electrons. The smallest absolute Gasteiger partial charge is 0.433 e. The number of ether oxygens (including phenoxy) is 1. The minimum Gasteiger partial charge on any atom is -0.501 e. The van der Waals surface area contributed by atoms with Crippen molar-refractivity contribution in [3.8, 4) is 11.5 Å². The first-order valence-corrected chi connectivity index (χ1v) is 9.40. The number of phenols is 1. The fourth-order valence-corrected chi connectivity index (χ4v) is 2.49. The zero-order chi connectivity index (χ0) is 20.1. The third kappa shape index (κ3) is 5.02. The van der Waals surface area contributed by atoms with E-state index in [4.69, 9.17) is 28.9 Å². The third-order valence-electron chi connectivity index (χ3n) is 3.36. The Kier molecular flexibility index (Phi) is 6.87. The van der Waals surface area contributed by atoms with E-state index in [1.54, 1.807) is 6.07 Å². The van der Waals surface area contributed by atoms with Gasteiger partial charge in [-0.05, 0) is 10.3 Å². The van der Waals surface area contributed by atoms with Crippen LogP contribution in [0.25, 0.3) is 0 Å². The standard InChI is InChI=1S/C14H10ClN3O5.BrHO3/c15-9-5-8(6-10(13(9)19)18(21)22)14(20)17-3-4-23-12-1-2-16-7-11(12)17;2-1(3)4/h1-2,5-7,19H,3-4H2;2H. The molecule has 0 saturated heterocycles. The maximum absolute atomic E-state index is 12.7. The van der Waals surface area contributed by atoms with Crippen molar-refractivity contribution in [2.75, 3.05) is 18.1 Å². The predicted molar refractivity (Wildman–Crippen MR) is 83.4 cm³/mol. The molecule has 0 aliphatic carbocycles. The van der Waals surface area contributed by atoms with E-state index in [0.717, 1.165) is 6.07 Å². The number of aromatic nitrogens is 1. The van der Waals surface area contributed by atoms with Gasteiger partial charge < -0.3 is 23.1 Å². The van der Waals surface area contributed by atoms with Gasteiger partial charge in [0.15, 0.2) is 0 Å². The molecule has 1 aliphatic heterocycles. The molecule has 0 spiro atoms. The molecular weight excluding hydrogens is 454 g/mol. The van der Waals surface area contributed by atoms with Crippen molar-refractivity contribution in [1.29, 1.82) is 0 Å². The van der Waals surface area contributed by atoms with Gasteiger partial charge in [0.1, 0.15) is 18.0 Å². The van der Waals surface area contributed by atoms with Crippen LogP contribution in [0.15, 0.2) is 30.6 Å². The molecule has 0 atom stereocenters. The summed E-state index contributed by atoms with van der Waals surface area (Å²) < 4.78 is 29.7. The van der Waals surface area contributed by atoms with Crippen LogP contribution >= 0.6 is 11.6 Å². The number of nitrogens with zero attached hydrogens (tertiary/aromatic N) is 3. The highest BCUT2D eigenvalue weighted by Gasteiger charge is 2.28. The van der Waals surface area contributed by atoms with Crippen LogP contribution in [0.1, 0.15) is 10.4 Å². The number of halogens is 2. The highest BCUT2D eigenvalue weighted by atomic mass is 80.0. The summed E-state index contributed by atoms with van der Waals surface area (Å²) in [5, 5.41) is 20.3. The molecule has 0 unspecified atom stereocenters. The number of carbonyl (C=O) groups is 1. The Bertz CT molecular complexity index is 863. The van der Waals surface area contributed by atoms with E-state index in [9.17, 15) is 20.0 Å². The average Bonchev–Trinajstić information content (AvgIpc) is 2.62. The zero-order valence-corrected chi connectivity index (χ0v) is 15.6. The fraction of sp³-hybridized carbons (Fsp3) is 0.143. The number of phenolic OH excluding ortho intramolecular Hbond substituents is 1. The normalized spacial score (nSPS) is 12.6. The number of carbonyl (C=O) groups excluding carboxylic acids is 1. The van der Waals surface area contributed by atoms with Crippen LogP contribution in [0.4, 0.5) is 11.4 Å². The van der Waals surface area contributed by atoms with Crippen LogP contribution in [0, 0.1) is 24.9 Å². The van der Waals surface area contributed by atoms with Gasteiger partial charge in [-0.1, -0.05) is 11.6 Å². The minimum atomic E-state index is -3.40. The van der Waals surface area contributed by atoms with Crippen LogP contribution in [-0.2, 0) is 0 Å². The summed E-state index contributed by atoms with van der Waals surface area (Å²) in [7, 11) is 0. The monoisotopic (exact) mass is 463 g/mol. The minimum absolute atomic E-state index is 0.00352. The van der Waals surface area contributed by atoms with E-state index in [2.05, 4.69) is 4.98 Å². The Morgan fingerprint density at radius 2 is 2.07 bits per heavy atom. The molecule has 0 bridgehead atoms. The van der Waals surface area contributed by atoms with Gasteiger partial charge in [0.2, 0.25) is 5.75 Å². The number of fused-ring (bicyclic) bond motifs is 1. The van der Waals surface area contributed by atoms with Gasteiger partial charge in [0, 0.05) is 23.9 Å². The maximum Gasteiger partial charge on any atom is 0.433 e. The number of rotatable bonds is 2. The van der Waals surface area contributed by atoms with E-state index in [-0.39, 0.29) is 23.7 Å². The van der Waals surface area contributed by atoms with E-state index in [1.165, 1.54) is 23.4 Å². The SMILES string of the molecule is O=C(c1cc(Cl)c(O)c([N+](=O)[O-])c1)N1CCOc2ccncc21.[O-][Br+2]([O-])O. The largest absolute Gasteiger partial charge is 0.501 e. The molecule has 1 aromatic heterocycles. The molecule has 1 amide bonds. The number of hydrogen-bond acceptors (Lipinski definition) is 9. The van der Waals surface area contributed by atoms with Crippen LogP contribution in [-0.4, -0.2) is 38.3 Å². The number of benzene rings is 1. The predicted octanol–water partition coefficient (Wildman–Crippen LogP) is -0.547. The number of nitro benzene ring substituents is 1. The number of pyridine rings is 1. The molecule has 3 rings (SSSR count). The van der Waals surface area contributed by atoms with Gasteiger partial charge in [0.25, 0.3) is 5.91 Å². The van der Waals surface area contributed by atoms with Crippen LogP contribution in [0.2, 0.25) is 5.02 Å². The van der Waals surface area contributed by atoms with E-state index in [1.807, 2.05) is 0 Å². The van der Waals surface area contributed by atoms with Crippen molar-refractivity contribution < 1.29 is 47.0 Å². The van der Waals surface area contributed by atoms with Crippen molar-refractivity contribution >= 4 is 28.9 Å². The molecule has 13 heteroatoms. The van der Waals surface area contributed by atoms with Gasteiger partial charge in [-0.25, -0.2) is 0 Å². The summed E-state index contributed by atoms with van der Waals surface area (Å²) in [5.41, 5.74) is -0.160. The Morgan fingerprint density at radius 1 is 1.41 bits per heavy atom. The summed E-state index contributed by atoms with van der Waals surface area (Å²) in [4.78, 5) is 28.2. The van der Waals surface area contributed by atoms with Gasteiger partial charge in [-0.3, -0.25) is 19.9 Å². The molecule has 144 valence electrons. The lowest BCUT2D eigenvalue weighted by molar-refractivity contribution is -1.63. The molecule has 27 heavy (non-hydrogen) atoms. The lowest BCUT2D eigenvalue weighted by Crippen LogP contribution is -2.38. The Balaban J connectivity index is 0.000000596. The van der Waals surface area contributed by atoms with E-state index in [0.29, 0.717) is 11.4 Å². The second kappa shape index (κ2) is 8.92.